The first-order chi connectivity index (χ1) is 14.7. The van der Waals surface area contributed by atoms with Gasteiger partial charge in [-0.2, -0.15) is 0 Å². The Balaban J connectivity index is 1.94. The highest BCUT2D eigenvalue weighted by Crippen LogP contribution is 2.42. The molecule has 1 fully saturated rings. The molecule has 3 heterocycles. The number of hydrogen-bond donors (Lipinski definition) is 1. The molecule has 0 amide bonds. The lowest BCUT2D eigenvalue weighted by Gasteiger charge is -2.29. The van der Waals surface area contributed by atoms with Crippen LogP contribution in [-0.4, -0.2) is 36.5 Å². The SMILES string of the molecule is Cc1cc(C(C)(c2ccccc2)S(N)(=O)=O)n(C)c1-c1ncccc1[C@@H]1CCCN1C. The van der Waals surface area contributed by atoms with Gasteiger partial charge in [0.1, 0.15) is 4.75 Å². The van der Waals surface area contributed by atoms with Gasteiger partial charge in [-0.15, -0.1) is 0 Å². The molecule has 6 nitrogen and oxygen atoms in total. The Morgan fingerprint density at radius 3 is 2.45 bits per heavy atom. The Labute approximate surface area is 184 Å². The summed E-state index contributed by atoms with van der Waals surface area (Å²) < 4.78 is 26.4. The van der Waals surface area contributed by atoms with Gasteiger partial charge in [0, 0.05) is 25.0 Å². The van der Waals surface area contributed by atoms with E-state index in [1.807, 2.05) is 61.0 Å². The number of likely N-dealkylation sites (tertiary alicyclic amines) is 1. The largest absolute Gasteiger partial charge is 0.344 e. The van der Waals surface area contributed by atoms with Crippen LogP contribution in [0.1, 0.15) is 48.2 Å². The van der Waals surface area contributed by atoms with Crippen LogP contribution < -0.4 is 5.14 Å². The number of rotatable bonds is 5. The fourth-order valence-corrected chi connectivity index (χ4v) is 5.91. The minimum Gasteiger partial charge on any atom is -0.344 e. The number of sulfonamides is 1. The fraction of sp³-hybridized carbons (Fsp3) is 0.375. The van der Waals surface area contributed by atoms with E-state index < -0.39 is 14.8 Å². The van der Waals surface area contributed by atoms with E-state index in [9.17, 15) is 8.42 Å². The summed E-state index contributed by atoms with van der Waals surface area (Å²) in [5.74, 6) is 0. The lowest BCUT2D eigenvalue weighted by molar-refractivity contribution is 0.317. The van der Waals surface area contributed by atoms with Crippen molar-refractivity contribution in [2.75, 3.05) is 13.6 Å². The lowest BCUT2D eigenvalue weighted by atomic mass is 9.96. The summed E-state index contributed by atoms with van der Waals surface area (Å²) >= 11 is 0. The van der Waals surface area contributed by atoms with Gasteiger partial charge in [-0.1, -0.05) is 36.4 Å². The molecule has 3 aromatic rings. The molecule has 31 heavy (non-hydrogen) atoms. The van der Waals surface area contributed by atoms with Crippen LogP contribution in [0.3, 0.4) is 0 Å². The van der Waals surface area contributed by atoms with Crippen molar-refractivity contribution in [2.45, 2.75) is 37.5 Å². The quantitative estimate of drug-likeness (QED) is 0.658. The zero-order chi connectivity index (χ0) is 22.4. The molecule has 0 aliphatic carbocycles. The predicted octanol–water partition coefficient (Wildman–Crippen LogP) is 3.71. The molecule has 2 aromatic heterocycles. The molecule has 1 aliphatic heterocycles. The van der Waals surface area contributed by atoms with Crippen LogP contribution in [0.4, 0.5) is 0 Å². The molecule has 7 heteroatoms. The van der Waals surface area contributed by atoms with Crippen LogP contribution in [0.5, 0.6) is 0 Å². The van der Waals surface area contributed by atoms with E-state index in [1.165, 1.54) is 5.56 Å². The standard InChI is InChI=1S/C24H30N4O2S/c1-17-16-21(24(2,31(25,29)30)18-10-6-5-7-11-18)28(4)23(17)22-19(12-8-14-26-22)20-13-9-15-27(20)3/h5-8,10-12,14,16,20H,9,13,15H2,1-4H3,(H2,25,29,30)/t20-,24?/m0/s1. The summed E-state index contributed by atoms with van der Waals surface area (Å²) in [6.45, 7) is 4.75. The van der Waals surface area contributed by atoms with Gasteiger partial charge in [0.05, 0.1) is 11.4 Å². The maximum atomic E-state index is 12.9. The Bertz CT molecular complexity index is 1200. The van der Waals surface area contributed by atoms with Crippen molar-refractivity contribution < 1.29 is 8.42 Å². The van der Waals surface area contributed by atoms with Crippen molar-refractivity contribution >= 4 is 10.0 Å². The van der Waals surface area contributed by atoms with Crippen molar-refractivity contribution in [3.8, 4) is 11.4 Å². The highest BCUT2D eigenvalue weighted by molar-refractivity contribution is 7.90. The second-order valence-corrected chi connectivity index (χ2v) is 10.6. The van der Waals surface area contributed by atoms with Crippen LogP contribution in [0.2, 0.25) is 0 Å². The van der Waals surface area contributed by atoms with Gasteiger partial charge in [-0.05, 0) is 69.1 Å². The van der Waals surface area contributed by atoms with Crippen molar-refractivity contribution in [3.05, 3.63) is 77.1 Å². The summed E-state index contributed by atoms with van der Waals surface area (Å²) in [4.78, 5) is 7.11. The molecule has 164 valence electrons. The van der Waals surface area contributed by atoms with Gasteiger partial charge in [-0.3, -0.25) is 9.88 Å². The lowest BCUT2D eigenvalue weighted by Crippen LogP contribution is -2.40. The highest BCUT2D eigenvalue weighted by atomic mass is 32.2. The number of nitrogens with zero attached hydrogens (tertiary/aromatic N) is 3. The molecule has 0 bridgehead atoms. The molecule has 2 N–H and O–H groups in total. The van der Waals surface area contributed by atoms with Gasteiger partial charge >= 0.3 is 0 Å². The maximum absolute atomic E-state index is 12.9. The smallest absolute Gasteiger partial charge is 0.224 e. The number of benzene rings is 1. The Hall–Kier alpha value is -2.48. The summed E-state index contributed by atoms with van der Waals surface area (Å²) in [5.41, 5.74) is 5.25. The minimum absolute atomic E-state index is 0.306. The zero-order valence-corrected chi connectivity index (χ0v) is 19.4. The molecular weight excluding hydrogens is 408 g/mol. The molecule has 1 aromatic carbocycles. The van der Waals surface area contributed by atoms with Gasteiger partial charge in [0.25, 0.3) is 0 Å². The van der Waals surface area contributed by atoms with Crippen LogP contribution in [0, 0.1) is 6.92 Å². The van der Waals surface area contributed by atoms with Crippen molar-refractivity contribution in [3.63, 3.8) is 0 Å². The normalized spacial score (nSPS) is 19.5. The predicted molar refractivity (Wildman–Crippen MR) is 124 cm³/mol. The summed E-state index contributed by atoms with van der Waals surface area (Å²) in [6, 6.07) is 15.5. The zero-order valence-electron chi connectivity index (χ0n) is 18.5. The number of nitrogens with two attached hydrogens (primary N) is 1. The van der Waals surface area contributed by atoms with E-state index >= 15 is 0 Å². The van der Waals surface area contributed by atoms with E-state index in [4.69, 9.17) is 10.1 Å². The number of pyridine rings is 1. The van der Waals surface area contributed by atoms with Gasteiger partial charge in [0.2, 0.25) is 10.0 Å². The van der Waals surface area contributed by atoms with Crippen molar-refractivity contribution in [1.82, 2.24) is 14.5 Å². The third-order valence-corrected chi connectivity index (χ3v) is 8.33. The van der Waals surface area contributed by atoms with Crippen LogP contribution in [0.25, 0.3) is 11.4 Å². The number of aromatic nitrogens is 2. The first-order valence-corrected chi connectivity index (χ1v) is 12.1. The second-order valence-electron chi connectivity index (χ2n) is 8.64. The molecular formula is C24H30N4O2S. The van der Waals surface area contributed by atoms with Gasteiger partial charge in [0.15, 0.2) is 0 Å². The van der Waals surface area contributed by atoms with Crippen LogP contribution in [0.15, 0.2) is 54.7 Å². The van der Waals surface area contributed by atoms with E-state index in [0.717, 1.165) is 36.3 Å². The maximum Gasteiger partial charge on any atom is 0.224 e. The topological polar surface area (TPSA) is 81.2 Å². The van der Waals surface area contributed by atoms with Gasteiger partial charge in [-0.25, -0.2) is 13.6 Å². The molecule has 1 unspecified atom stereocenters. The summed E-state index contributed by atoms with van der Waals surface area (Å²) in [5, 5.41) is 5.83. The number of hydrogen-bond acceptors (Lipinski definition) is 4. The van der Waals surface area contributed by atoms with E-state index in [-0.39, 0.29) is 0 Å². The molecule has 1 aliphatic rings. The Morgan fingerprint density at radius 2 is 1.84 bits per heavy atom. The minimum atomic E-state index is -3.96. The first-order valence-electron chi connectivity index (χ1n) is 10.6. The summed E-state index contributed by atoms with van der Waals surface area (Å²) in [6.07, 6.45) is 4.05. The molecule has 0 radical (unpaired) electrons. The summed E-state index contributed by atoms with van der Waals surface area (Å²) in [7, 11) is 0.0850. The second kappa shape index (κ2) is 7.89. The first kappa shape index (κ1) is 21.7. The fourth-order valence-electron chi connectivity index (χ4n) is 4.96. The third kappa shape index (κ3) is 3.50. The van der Waals surface area contributed by atoms with E-state index in [0.29, 0.717) is 17.3 Å². The molecule has 4 rings (SSSR count). The molecule has 0 saturated carbocycles. The Morgan fingerprint density at radius 1 is 1.13 bits per heavy atom. The van der Waals surface area contributed by atoms with Crippen LogP contribution in [-0.2, 0) is 21.8 Å². The highest BCUT2D eigenvalue weighted by Gasteiger charge is 2.43. The molecule has 1 saturated heterocycles. The van der Waals surface area contributed by atoms with Crippen LogP contribution >= 0.6 is 0 Å². The van der Waals surface area contributed by atoms with E-state index in [2.05, 4.69) is 18.0 Å². The average Bonchev–Trinajstić information content (AvgIpc) is 3.29. The number of primary sulfonamides is 1. The van der Waals surface area contributed by atoms with Gasteiger partial charge < -0.3 is 4.57 Å². The number of aryl methyl sites for hydroxylation is 1. The van der Waals surface area contributed by atoms with Crippen molar-refractivity contribution in [2.24, 2.45) is 12.2 Å². The monoisotopic (exact) mass is 438 g/mol. The third-order valence-electron chi connectivity index (χ3n) is 6.75. The molecule has 2 atom stereocenters. The average molecular weight is 439 g/mol. The van der Waals surface area contributed by atoms with E-state index in [1.54, 1.807) is 13.1 Å². The Kier molecular flexibility index (Phi) is 5.54. The molecule has 0 spiro atoms. The van der Waals surface area contributed by atoms with Crippen molar-refractivity contribution in [1.29, 1.82) is 0 Å².